The van der Waals surface area contributed by atoms with E-state index in [9.17, 15) is 9.59 Å². The molecular formula is C20H25NO5. The van der Waals surface area contributed by atoms with E-state index >= 15 is 0 Å². The lowest BCUT2D eigenvalue weighted by Gasteiger charge is -2.37. The highest BCUT2D eigenvalue weighted by Gasteiger charge is 2.50. The second-order valence-electron chi connectivity index (χ2n) is 6.97. The summed E-state index contributed by atoms with van der Waals surface area (Å²) >= 11 is 0. The lowest BCUT2D eigenvalue weighted by Crippen LogP contribution is -2.49. The molecule has 6 nitrogen and oxygen atoms in total. The lowest BCUT2D eigenvalue weighted by atomic mass is 9.79. The first-order valence-corrected chi connectivity index (χ1v) is 8.83. The van der Waals surface area contributed by atoms with Gasteiger partial charge in [0.25, 0.3) is 5.91 Å². The number of methoxy groups -OCH3 is 2. The Hall–Kier alpha value is -2.34. The maximum atomic E-state index is 12.9. The molecule has 0 aromatic heterocycles. The molecule has 2 aliphatic rings. The zero-order chi connectivity index (χ0) is 18.9. The molecule has 6 heteroatoms. The van der Waals surface area contributed by atoms with Gasteiger partial charge in [0, 0.05) is 19.6 Å². The molecule has 1 aliphatic carbocycles. The van der Waals surface area contributed by atoms with Crippen LogP contribution in [0, 0.1) is 6.92 Å². The van der Waals surface area contributed by atoms with Crippen molar-refractivity contribution >= 4 is 17.4 Å². The Kier molecular flexibility index (Phi) is 5.05. The minimum atomic E-state index is -0.664. The second kappa shape index (κ2) is 7.11. The number of hydrogen-bond donors (Lipinski definition) is 1. The number of nitrogens with one attached hydrogen (secondary N) is 1. The molecule has 26 heavy (non-hydrogen) atoms. The smallest absolute Gasteiger partial charge is 0.307 e. The summed E-state index contributed by atoms with van der Waals surface area (Å²) in [5.74, 6) is 0.321. The van der Waals surface area contributed by atoms with Crippen LogP contribution in [0.25, 0.3) is 5.57 Å². The highest BCUT2D eigenvalue weighted by Crippen LogP contribution is 2.45. The Bertz CT molecular complexity index is 759. The van der Waals surface area contributed by atoms with E-state index < -0.39 is 11.5 Å². The molecule has 3 rings (SSSR count). The topological polar surface area (TPSA) is 73.9 Å². The van der Waals surface area contributed by atoms with Crippen molar-refractivity contribution in [2.24, 2.45) is 0 Å². The number of aryl methyl sites for hydroxylation is 1. The highest BCUT2D eigenvalue weighted by molar-refractivity contribution is 6.24. The molecule has 1 aliphatic heterocycles. The minimum absolute atomic E-state index is 0.161. The first-order chi connectivity index (χ1) is 12.4. The third-order valence-corrected chi connectivity index (χ3v) is 5.23. The van der Waals surface area contributed by atoms with Gasteiger partial charge in [0.1, 0.15) is 11.5 Å². The van der Waals surface area contributed by atoms with E-state index in [4.69, 9.17) is 14.2 Å². The number of ether oxygens (including phenoxy) is 3. The molecule has 0 unspecified atom stereocenters. The van der Waals surface area contributed by atoms with Gasteiger partial charge < -0.3 is 19.5 Å². The van der Waals surface area contributed by atoms with Gasteiger partial charge in [-0.15, -0.1) is 0 Å². The molecule has 0 radical (unpaired) electrons. The Labute approximate surface area is 153 Å². The van der Waals surface area contributed by atoms with Crippen molar-refractivity contribution in [3.63, 3.8) is 0 Å². The van der Waals surface area contributed by atoms with Crippen molar-refractivity contribution in [1.29, 1.82) is 0 Å². The maximum absolute atomic E-state index is 12.9. The first-order valence-electron chi connectivity index (χ1n) is 8.83. The van der Waals surface area contributed by atoms with Gasteiger partial charge in [0.2, 0.25) is 0 Å². The standard InChI is InChI=1S/C20H25NO5/c1-12-5-6-15(16(11-12)25-4)17-18(26-13(2)22)20(21-19(17)23)9-7-14(24-3)8-10-20/h5-6,11,14H,7-10H2,1-4H3,(H,21,23). The first kappa shape index (κ1) is 18.5. The monoisotopic (exact) mass is 359 g/mol. The molecule has 0 atom stereocenters. The van der Waals surface area contributed by atoms with E-state index in [0.717, 1.165) is 18.4 Å². The lowest BCUT2D eigenvalue weighted by molar-refractivity contribution is -0.138. The van der Waals surface area contributed by atoms with Gasteiger partial charge in [0.15, 0.2) is 0 Å². The van der Waals surface area contributed by atoms with Crippen LogP contribution in [-0.2, 0) is 19.1 Å². The molecule has 1 N–H and O–H groups in total. The van der Waals surface area contributed by atoms with Crippen LogP contribution in [0.2, 0.25) is 0 Å². The summed E-state index contributed by atoms with van der Waals surface area (Å²) < 4.78 is 16.5. The van der Waals surface area contributed by atoms with Crippen LogP contribution in [-0.4, -0.2) is 37.7 Å². The quantitative estimate of drug-likeness (QED) is 0.837. The van der Waals surface area contributed by atoms with Crippen LogP contribution in [0.5, 0.6) is 5.75 Å². The summed E-state index contributed by atoms with van der Waals surface area (Å²) in [6.07, 6.45) is 3.07. The summed E-state index contributed by atoms with van der Waals surface area (Å²) in [6.45, 7) is 3.31. The van der Waals surface area contributed by atoms with Crippen LogP contribution < -0.4 is 10.1 Å². The fraction of sp³-hybridized carbons (Fsp3) is 0.500. The summed E-state index contributed by atoms with van der Waals surface area (Å²) in [6, 6.07) is 5.62. The average Bonchev–Trinajstić information content (AvgIpc) is 2.86. The number of esters is 1. The van der Waals surface area contributed by atoms with E-state index in [2.05, 4.69) is 5.32 Å². The molecule has 1 aromatic rings. The second-order valence-corrected chi connectivity index (χ2v) is 6.97. The van der Waals surface area contributed by atoms with Crippen LogP contribution in [0.3, 0.4) is 0 Å². The number of rotatable bonds is 4. The van der Waals surface area contributed by atoms with Crippen molar-refractivity contribution in [3.05, 3.63) is 35.1 Å². The predicted octanol–water partition coefficient (Wildman–Crippen LogP) is 2.74. The van der Waals surface area contributed by atoms with Gasteiger partial charge >= 0.3 is 5.97 Å². The Morgan fingerprint density at radius 2 is 1.92 bits per heavy atom. The minimum Gasteiger partial charge on any atom is -0.496 e. The zero-order valence-corrected chi connectivity index (χ0v) is 15.7. The normalized spacial score (nSPS) is 25.4. The summed E-state index contributed by atoms with van der Waals surface area (Å²) in [4.78, 5) is 24.7. The van der Waals surface area contributed by atoms with E-state index in [1.807, 2.05) is 25.1 Å². The number of carbonyl (C=O) groups is 2. The van der Waals surface area contributed by atoms with Crippen molar-refractivity contribution in [2.75, 3.05) is 14.2 Å². The van der Waals surface area contributed by atoms with Crippen LogP contribution in [0.15, 0.2) is 24.0 Å². The Morgan fingerprint density at radius 1 is 1.23 bits per heavy atom. The van der Waals surface area contributed by atoms with Crippen molar-refractivity contribution in [3.8, 4) is 5.75 Å². The Morgan fingerprint density at radius 3 is 2.50 bits per heavy atom. The summed E-state index contributed by atoms with van der Waals surface area (Å²) in [5, 5.41) is 3.08. The zero-order valence-electron chi connectivity index (χ0n) is 15.7. The van der Waals surface area contributed by atoms with Crippen LogP contribution >= 0.6 is 0 Å². The van der Waals surface area contributed by atoms with Gasteiger partial charge in [0.05, 0.1) is 24.3 Å². The van der Waals surface area contributed by atoms with Crippen LogP contribution in [0.1, 0.15) is 43.7 Å². The van der Waals surface area contributed by atoms with E-state index in [0.29, 0.717) is 35.5 Å². The SMILES string of the molecule is COc1cc(C)ccc1C1=C(OC(C)=O)C2(CCC(OC)CC2)NC1=O. The third-order valence-electron chi connectivity index (χ3n) is 5.23. The molecule has 0 bridgehead atoms. The predicted molar refractivity (Wildman–Crippen MR) is 96.6 cm³/mol. The number of hydrogen-bond acceptors (Lipinski definition) is 5. The van der Waals surface area contributed by atoms with Gasteiger partial charge in [-0.25, -0.2) is 0 Å². The van der Waals surface area contributed by atoms with Gasteiger partial charge in [-0.05, 0) is 44.2 Å². The fourth-order valence-electron chi connectivity index (χ4n) is 3.89. The molecule has 1 heterocycles. The van der Waals surface area contributed by atoms with Crippen molar-refractivity contribution in [2.45, 2.75) is 51.2 Å². The fourth-order valence-corrected chi connectivity index (χ4v) is 3.89. The molecule has 1 amide bonds. The summed E-state index contributed by atoms with van der Waals surface area (Å²) in [7, 11) is 3.26. The van der Waals surface area contributed by atoms with Gasteiger partial charge in [-0.3, -0.25) is 9.59 Å². The van der Waals surface area contributed by atoms with Crippen LogP contribution in [0.4, 0.5) is 0 Å². The molecule has 0 saturated heterocycles. The number of benzene rings is 1. The highest BCUT2D eigenvalue weighted by atomic mass is 16.5. The number of carbonyl (C=O) groups excluding carboxylic acids is 2. The van der Waals surface area contributed by atoms with Crippen molar-refractivity contribution in [1.82, 2.24) is 5.32 Å². The maximum Gasteiger partial charge on any atom is 0.307 e. The largest absolute Gasteiger partial charge is 0.496 e. The molecular weight excluding hydrogens is 334 g/mol. The molecule has 1 aromatic carbocycles. The van der Waals surface area contributed by atoms with E-state index in [1.165, 1.54) is 6.92 Å². The van der Waals surface area contributed by atoms with Crippen molar-refractivity contribution < 1.29 is 23.8 Å². The molecule has 140 valence electrons. The third kappa shape index (κ3) is 3.21. The van der Waals surface area contributed by atoms with Gasteiger partial charge in [-0.2, -0.15) is 0 Å². The summed E-state index contributed by atoms with van der Waals surface area (Å²) in [5.41, 5.74) is 1.38. The molecule has 1 saturated carbocycles. The number of amides is 1. The van der Waals surface area contributed by atoms with Gasteiger partial charge in [-0.1, -0.05) is 12.1 Å². The Balaban J connectivity index is 2.11. The van der Waals surface area contributed by atoms with E-state index in [1.54, 1.807) is 14.2 Å². The molecule has 1 spiro atoms. The van der Waals surface area contributed by atoms with E-state index in [-0.39, 0.29) is 12.0 Å². The molecule has 1 fully saturated rings. The average molecular weight is 359 g/mol.